The maximum atomic E-state index is 14.0. The quantitative estimate of drug-likeness (QED) is 0.174. The number of rotatable bonds is 12. The molecule has 1 amide bonds. The molecule has 0 bridgehead atoms. The molecule has 0 aromatic heterocycles. The van der Waals surface area contributed by atoms with Crippen molar-refractivity contribution in [3.05, 3.63) is 94.1 Å². The zero-order valence-electron chi connectivity index (χ0n) is 22.0. The Morgan fingerprint density at radius 2 is 1.92 bits per heavy atom. The SMILES string of the molecule is C=CC(=C\C(=C/C)OC(C)c1c(Cl)ccc(F)c1Cl)/C(C=C)=C/N(C)C1CCN(C(=O)CCCN)CC1. The molecule has 37 heavy (non-hydrogen) atoms. The number of amides is 1. The van der Waals surface area contributed by atoms with Crippen molar-refractivity contribution < 1.29 is 13.9 Å². The highest BCUT2D eigenvalue weighted by atomic mass is 35.5. The number of ether oxygens (including phenoxy) is 1. The van der Waals surface area contributed by atoms with Gasteiger partial charge in [0.05, 0.1) is 5.02 Å². The van der Waals surface area contributed by atoms with E-state index < -0.39 is 11.9 Å². The minimum absolute atomic E-state index is 0.0520. The zero-order chi connectivity index (χ0) is 27.5. The van der Waals surface area contributed by atoms with Crippen LogP contribution in [0.2, 0.25) is 10.0 Å². The lowest BCUT2D eigenvalue weighted by atomic mass is 10.0. The summed E-state index contributed by atoms with van der Waals surface area (Å²) >= 11 is 12.4. The van der Waals surface area contributed by atoms with Crippen LogP contribution in [0.15, 0.2) is 72.7 Å². The van der Waals surface area contributed by atoms with Crippen molar-refractivity contribution in [1.82, 2.24) is 9.80 Å². The van der Waals surface area contributed by atoms with Gasteiger partial charge in [0.25, 0.3) is 0 Å². The number of nitrogens with two attached hydrogens (primary N) is 1. The fourth-order valence-corrected chi connectivity index (χ4v) is 4.96. The van der Waals surface area contributed by atoms with Crippen molar-refractivity contribution in [1.29, 1.82) is 0 Å². The van der Waals surface area contributed by atoms with E-state index in [0.29, 0.717) is 35.4 Å². The molecule has 1 unspecified atom stereocenters. The topological polar surface area (TPSA) is 58.8 Å². The van der Waals surface area contributed by atoms with Crippen molar-refractivity contribution in [2.45, 2.75) is 51.7 Å². The lowest BCUT2D eigenvalue weighted by Gasteiger charge is -2.36. The van der Waals surface area contributed by atoms with Crippen molar-refractivity contribution in [2.24, 2.45) is 5.73 Å². The van der Waals surface area contributed by atoms with Crippen LogP contribution in [0.5, 0.6) is 0 Å². The Morgan fingerprint density at radius 1 is 1.27 bits per heavy atom. The molecule has 8 heteroatoms. The van der Waals surface area contributed by atoms with Gasteiger partial charge in [-0.15, -0.1) is 0 Å². The first-order valence-electron chi connectivity index (χ1n) is 12.5. The van der Waals surface area contributed by atoms with Gasteiger partial charge in [-0.25, -0.2) is 4.39 Å². The van der Waals surface area contributed by atoms with Crippen molar-refractivity contribution in [3.63, 3.8) is 0 Å². The number of likely N-dealkylation sites (tertiary alicyclic amines) is 1. The molecule has 1 aromatic rings. The lowest BCUT2D eigenvalue weighted by Crippen LogP contribution is -2.44. The van der Waals surface area contributed by atoms with Gasteiger partial charge in [-0.05, 0) is 75.1 Å². The normalized spacial score (nSPS) is 16.4. The summed E-state index contributed by atoms with van der Waals surface area (Å²) in [6.07, 6.45) is 11.6. The van der Waals surface area contributed by atoms with Crippen LogP contribution in [-0.4, -0.2) is 48.4 Å². The summed E-state index contributed by atoms with van der Waals surface area (Å²) in [7, 11) is 2.03. The summed E-state index contributed by atoms with van der Waals surface area (Å²) in [6.45, 7) is 13.6. The van der Waals surface area contributed by atoms with Crippen LogP contribution in [0.4, 0.5) is 4.39 Å². The second-order valence-corrected chi connectivity index (χ2v) is 9.76. The Hall–Kier alpha value is -2.54. The molecule has 1 aliphatic rings. The highest BCUT2D eigenvalue weighted by Crippen LogP contribution is 2.35. The number of allylic oxidation sites excluding steroid dienone is 6. The van der Waals surface area contributed by atoms with Gasteiger partial charge in [-0.2, -0.15) is 0 Å². The molecule has 0 radical (unpaired) electrons. The first-order chi connectivity index (χ1) is 17.7. The van der Waals surface area contributed by atoms with Gasteiger partial charge in [0.2, 0.25) is 5.91 Å². The number of nitrogens with zero attached hydrogens (tertiary/aromatic N) is 2. The van der Waals surface area contributed by atoms with E-state index in [1.165, 1.54) is 12.1 Å². The molecule has 0 aliphatic carbocycles. The maximum absolute atomic E-state index is 14.0. The number of hydrogen-bond donors (Lipinski definition) is 1. The van der Waals surface area contributed by atoms with Crippen molar-refractivity contribution >= 4 is 29.1 Å². The van der Waals surface area contributed by atoms with Crippen LogP contribution < -0.4 is 5.73 Å². The first-order valence-corrected chi connectivity index (χ1v) is 13.3. The largest absolute Gasteiger partial charge is 0.486 e. The summed E-state index contributed by atoms with van der Waals surface area (Å²) in [5.41, 5.74) is 7.61. The predicted octanol–water partition coefficient (Wildman–Crippen LogP) is 6.96. The first kappa shape index (κ1) is 30.7. The number of hydrogen-bond acceptors (Lipinski definition) is 4. The van der Waals surface area contributed by atoms with Crippen LogP contribution in [0.3, 0.4) is 0 Å². The maximum Gasteiger partial charge on any atom is 0.222 e. The van der Waals surface area contributed by atoms with Crippen LogP contribution >= 0.6 is 23.2 Å². The number of benzene rings is 1. The standard InChI is InChI=1S/C29H38Cl2FN3O2/c1-6-21(18-24(8-3)37-20(4)28-25(30)11-12-26(32)29(28)31)22(7-2)19-34(5)23-13-16-35(17-14-23)27(36)10-9-15-33/h6-8,11-12,18-20,23H,1-2,9-10,13-17,33H2,3-5H3/b21-18+,22-19+,24-8+. The van der Waals surface area contributed by atoms with Crippen LogP contribution in [0.25, 0.3) is 0 Å². The minimum atomic E-state index is -0.583. The van der Waals surface area contributed by atoms with E-state index in [-0.39, 0.29) is 10.9 Å². The van der Waals surface area contributed by atoms with Crippen molar-refractivity contribution in [3.8, 4) is 0 Å². The molecule has 2 rings (SSSR count). The van der Waals surface area contributed by atoms with Gasteiger partial charge < -0.3 is 20.3 Å². The van der Waals surface area contributed by atoms with Crippen LogP contribution in [0.1, 0.15) is 51.2 Å². The number of halogens is 3. The Bertz CT molecular complexity index is 1060. The molecule has 1 aliphatic heterocycles. The monoisotopic (exact) mass is 549 g/mol. The molecule has 1 saturated heterocycles. The van der Waals surface area contributed by atoms with Gasteiger partial charge in [0, 0.05) is 49.4 Å². The van der Waals surface area contributed by atoms with E-state index in [2.05, 4.69) is 18.1 Å². The fraction of sp³-hybridized carbons (Fsp3) is 0.414. The second-order valence-electron chi connectivity index (χ2n) is 8.97. The Labute approximate surface area is 230 Å². The molecule has 0 spiro atoms. The van der Waals surface area contributed by atoms with Crippen LogP contribution in [-0.2, 0) is 9.53 Å². The summed E-state index contributed by atoms with van der Waals surface area (Å²) in [6, 6.07) is 3.00. The third-order valence-corrected chi connectivity index (χ3v) is 7.20. The molecule has 1 atom stereocenters. The smallest absolute Gasteiger partial charge is 0.222 e. The van der Waals surface area contributed by atoms with E-state index in [0.717, 1.165) is 43.5 Å². The average Bonchev–Trinajstić information content (AvgIpc) is 2.90. The molecule has 2 N–H and O–H groups in total. The molecule has 1 aromatic carbocycles. The zero-order valence-corrected chi connectivity index (χ0v) is 23.5. The van der Waals surface area contributed by atoms with E-state index >= 15 is 0 Å². The average molecular weight is 551 g/mol. The third kappa shape index (κ3) is 8.49. The highest BCUT2D eigenvalue weighted by Gasteiger charge is 2.24. The summed E-state index contributed by atoms with van der Waals surface area (Å²) in [4.78, 5) is 16.4. The summed E-state index contributed by atoms with van der Waals surface area (Å²) in [5.74, 6) is 0.185. The molecule has 202 valence electrons. The van der Waals surface area contributed by atoms with Gasteiger partial charge in [-0.1, -0.05) is 48.5 Å². The second kappa shape index (κ2) is 15.0. The number of carbonyl (C=O) groups excluding carboxylic acids is 1. The van der Waals surface area contributed by atoms with Gasteiger partial charge in [0.1, 0.15) is 17.7 Å². The molecular weight excluding hydrogens is 512 g/mol. The van der Waals surface area contributed by atoms with E-state index in [1.54, 1.807) is 19.1 Å². The third-order valence-electron chi connectivity index (χ3n) is 6.48. The molecular formula is C29H38Cl2FN3O2. The molecule has 0 saturated carbocycles. The van der Waals surface area contributed by atoms with Crippen LogP contribution in [0, 0.1) is 5.82 Å². The van der Waals surface area contributed by atoms with E-state index in [1.807, 2.05) is 37.2 Å². The van der Waals surface area contributed by atoms with E-state index in [4.69, 9.17) is 33.7 Å². The predicted molar refractivity (Wildman–Crippen MR) is 152 cm³/mol. The Kier molecular flexibility index (Phi) is 12.4. The van der Waals surface area contributed by atoms with Gasteiger partial charge >= 0.3 is 0 Å². The van der Waals surface area contributed by atoms with Crippen molar-refractivity contribution in [2.75, 3.05) is 26.7 Å². The lowest BCUT2D eigenvalue weighted by molar-refractivity contribution is -0.132. The molecule has 5 nitrogen and oxygen atoms in total. The van der Waals surface area contributed by atoms with Gasteiger partial charge in [0.15, 0.2) is 0 Å². The Morgan fingerprint density at radius 3 is 2.49 bits per heavy atom. The molecule has 1 heterocycles. The summed E-state index contributed by atoms with van der Waals surface area (Å²) in [5, 5.41) is 0.284. The fourth-order valence-electron chi connectivity index (χ4n) is 4.28. The van der Waals surface area contributed by atoms with E-state index in [9.17, 15) is 9.18 Å². The number of piperidine rings is 1. The minimum Gasteiger partial charge on any atom is -0.486 e. The highest BCUT2D eigenvalue weighted by molar-refractivity contribution is 6.36. The molecule has 1 fully saturated rings. The van der Waals surface area contributed by atoms with Gasteiger partial charge in [-0.3, -0.25) is 4.79 Å². The summed E-state index contributed by atoms with van der Waals surface area (Å²) < 4.78 is 20.1. The number of carbonyl (C=O) groups is 1. The Balaban J connectivity index is 2.14.